The molecule has 0 radical (unpaired) electrons. The molecule has 1 saturated heterocycles. The van der Waals surface area contributed by atoms with Gasteiger partial charge in [-0.25, -0.2) is 0 Å². The Kier molecular flexibility index (Phi) is 5.40. The fraction of sp³-hybridized carbons (Fsp3) is 0.600. The number of nitrogens with zero attached hydrogens (tertiary/aromatic N) is 1. The molecular formula is C15H23NS. The summed E-state index contributed by atoms with van der Waals surface area (Å²) >= 11 is 2.00. The third kappa shape index (κ3) is 4.36. The van der Waals surface area contributed by atoms with Crippen LogP contribution in [0.2, 0.25) is 0 Å². The number of likely N-dealkylation sites (tertiary alicyclic amines) is 1. The lowest BCUT2D eigenvalue weighted by Crippen LogP contribution is -2.29. The summed E-state index contributed by atoms with van der Waals surface area (Å²) in [7, 11) is 0. The molecule has 1 heterocycles. The Morgan fingerprint density at radius 1 is 1.12 bits per heavy atom. The maximum absolute atomic E-state index is 2.59. The first kappa shape index (κ1) is 13.0. The lowest BCUT2D eigenvalue weighted by molar-refractivity contribution is 0.221. The number of rotatable bonds is 5. The van der Waals surface area contributed by atoms with E-state index in [4.69, 9.17) is 0 Å². The number of hydrogen-bond acceptors (Lipinski definition) is 2. The summed E-state index contributed by atoms with van der Waals surface area (Å²) in [5.74, 6) is 2.36. The predicted molar refractivity (Wildman–Crippen MR) is 77.4 cm³/mol. The van der Waals surface area contributed by atoms with Crippen LogP contribution in [0.15, 0.2) is 24.3 Å². The van der Waals surface area contributed by atoms with Crippen molar-refractivity contribution in [2.45, 2.75) is 38.5 Å². The van der Waals surface area contributed by atoms with Gasteiger partial charge in [-0.2, -0.15) is 11.8 Å². The second-order valence-corrected chi connectivity index (χ2v) is 6.07. The van der Waals surface area contributed by atoms with Crippen molar-refractivity contribution in [3.8, 4) is 0 Å². The first-order valence-electron chi connectivity index (χ1n) is 6.76. The van der Waals surface area contributed by atoms with Crippen LogP contribution in [0.3, 0.4) is 0 Å². The molecule has 0 amide bonds. The zero-order chi connectivity index (χ0) is 11.9. The first-order chi connectivity index (χ1) is 8.38. The normalized spacial score (nSPS) is 17.2. The van der Waals surface area contributed by atoms with Gasteiger partial charge in [0.2, 0.25) is 0 Å². The highest BCUT2D eigenvalue weighted by Gasteiger charge is 2.10. The van der Waals surface area contributed by atoms with Gasteiger partial charge < -0.3 is 0 Å². The van der Waals surface area contributed by atoms with E-state index in [-0.39, 0.29) is 0 Å². The van der Waals surface area contributed by atoms with Crippen LogP contribution in [0.25, 0.3) is 0 Å². The van der Waals surface area contributed by atoms with Crippen LogP contribution in [0, 0.1) is 0 Å². The Bertz CT molecular complexity index is 331. The highest BCUT2D eigenvalue weighted by molar-refractivity contribution is 7.98. The van der Waals surface area contributed by atoms with Crippen molar-refractivity contribution in [1.82, 2.24) is 4.90 Å². The molecule has 0 spiro atoms. The molecule has 2 rings (SSSR count). The van der Waals surface area contributed by atoms with Crippen LogP contribution in [-0.4, -0.2) is 23.7 Å². The van der Waals surface area contributed by atoms with Gasteiger partial charge in [0.1, 0.15) is 0 Å². The molecule has 2 heteroatoms. The van der Waals surface area contributed by atoms with Crippen molar-refractivity contribution in [2.24, 2.45) is 0 Å². The lowest BCUT2D eigenvalue weighted by atomic mass is 10.1. The average molecular weight is 249 g/mol. The Hall–Kier alpha value is -0.470. The van der Waals surface area contributed by atoms with Crippen LogP contribution in [0.4, 0.5) is 0 Å². The SMILES string of the molecule is CCSCc1cccc(CN2CCCCC2)c1. The monoisotopic (exact) mass is 249 g/mol. The Balaban J connectivity index is 1.90. The van der Waals surface area contributed by atoms with Crippen LogP contribution in [0.1, 0.15) is 37.3 Å². The van der Waals surface area contributed by atoms with Crippen molar-refractivity contribution < 1.29 is 0 Å². The van der Waals surface area contributed by atoms with E-state index >= 15 is 0 Å². The number of hydrogen-bond donors (Lipinski definition) is 0. The Morgan fingerprint density at radius 2 is 1.88 bits per heavy atom. The second kappa shape index (κ2) is 7.07. The topological polar surface area (TPSA) is 3.24 Å². The van der Waals surface area contributed by atoms with Gasteiger partial charge in [-0.1, -0.05) is 37.6 Å². The lowest BCUT2D eigenvalue weighted by Gasteiger charge is -2.26. The first-order valence-corrected chi connectivity index (χ1v) is 7.92. The number of thioether (sulfide) groups is 1. The van der Waals surface area contributed by atoms with E-state index < -0.39 is 0 Å². The van der Waals surface area contributed by atoms with E-state index in [2.05, 4.69) is 36.1 Å². The van der Waals surface area contributed by atoms with E-state index in [1.54, 1.807) is 0 Å². The van der Waals surface area contributed by atoms with Crippen LogP contribution >= 0.6 is 11.8 Å². The molecule has 0 unspecified atom stereocenters. The molecule has 17 heavy (non-hydrogen) atoms. The predicted octanol–water partition coefficient (Wildman–Crippen LogP) is 3.93. The molecule has 0 bridgehead atoms. The standard InChI is InChI=1S/C15H23NS/c1-2-17-13-15-8-6-7-14(11-15)12-16-9-4-3-5-10-16/h6-8,11H,2-5,9-10,12-13H2,1H3. The largest absolute Gasteiger partial charge is 0.299 e. The summed E-state index contributed by atoms with van der Waals surface area (Å²) in [4.78, 5) is 2.59. The van der Waals surface area contributed by atoms with Gasteiger partial charge in [0.15, 0.2) is 0 Å². The van der Waals surface area contributed by atoms with Gasteiger partial charge in [-0.15, -0.1) is 0 Å². The zero-order valence-electron chi connectivity index (χ0n) is 10.8. The fourth-order valence-electron chi connectivity index (χ4n) is 2.41. The van der Waals surface area contributed by atoms with Crippen molar-refractivity contribution >= 4 is 11.8 Å². The third-order valence-electron chi connectivity index (χ3n) is 3.32. The summed E-state index contributed by atoms with van der Waals surface area (Å²) in [6, 6.07) is 9.12. The van der Waals surface area contributed by atoms with Gasteiger partial charge in [0.25, 0.3) is 0 Å². The van der Waals surface area contributed by atoms with Crippen molar-refractivity contribution in [3.63, 3.8) is 0 Å². The molecule has 0 aliphatic carbocycles. The summed E-state index contributed by atoms with van der Waals surface area (Å²) in [5.41, 5.74) is 2.97. The summed E-state index contributed by atoms with van der Waals surface area (Å²) in [6.45, 7) is 5.94. The van der Waals surface area contributed by atoms with Crippen molar-refractivity contribution in [1.29, 1.82) is 0 Å². The fourth-order valence-corrected chi connectivity index (χ4v) is 3.03. The average Bonchev–Trinajstić information content (AvgIpc) is 2.38. The molecule has 0 atom stereocenters. The van der Waals surface area contributed by atoms with E-state index in [9.17, 15) is 0 Å². The maximum Gasteiger partial charge on any atom is 0.0233 e. The highest BCUT2D eigenvalue weighted by Crippen LogP contribution is 2.16. The molecule has 1 nitrogen and oxygen atoms in total. The van der Waals surface area contributed by atoms with E-state index in [1.165, 1.54) is 49.2 Å². The Morgan fingerprint density at radius 3 is 2.65 bits per heavy atom. The van der Waals surface area contributed by atoms with Crippen LogP contribution in [-0.2, 0) is 12.3 Å². The van der Waals surface area contributed by atoms with E-state index in [0.717, 1.165) is 12.3 Å². The molecule has 1 aromatic rings. The van der Waals surface area contributed by atoms with E-state index in [0.29, 0.717) is 0 Å². The quantitative estimate of drug-likeness (QED) is 0.778. The van der Waals surface area contributed by atoms with Crippen LogP contribution < -0.4 is 0 Å². The minimum absolute atomic E-state index is 1.14. The summed E-state index contributed by atoms with van der Waals surface area (Å²) in [5, 5.41) is 0. The summed E-state index contributed by atoms with van der Waals surface area (Å²) < 4.78 is 0. The van der Waals surface area contributed by atoms with Gasteiger partial charge in [-0.05, 0) is 42.8 Å². The number of benzene rings is 1. The van der Waals surface area contributed by atoms with Gasteiger partial charge in [0, 0.05) is 12.3 Å². The van der Waals surface area contributed by atoms with Crippen molar-refractivity contribution in [3.05, 3.63) is 35.4 Å². The van der Waals surface area contributed by atoms with Crippen LogP contribution in [0.5, 0.6) is 0 Å². The molecule has 1 aliphatic rings. The zero-order valence-corrected chi connectivity index (χ0v) is 11.6. The smallest absolute Gasteiger partial charge is 0.0233 e. The molecule has 1 aromatic carbocycles. The maximum atomic E-state index is 2.59. The van der Waals surface area contributed by atoms with E-state index in [1.807, 2.05) is 11.8 Å². The third-order valence-corrected chi connectivity index (χ3v) is 4.26. The minimum Gasteiger partial charge on any atom is -0.299 e. The van der Waals surface area contributed by atoms with Gasteiger partial charge in [-0.3, -0.25) is 4.90 Å². The molecule has 0 saturated carbocycles. The molecular weight excluding hydrogens is 226 g/mol. The Labute approximate surface area is 110 Å². The van der Waals surface area contributed by atoms with Gasteiger partial charge in [0.05, 0.1) is 0 Å². The second-order valence-electron chi connectivity index (χ2n) is 4.79. The molecule has 0 N–H and O–H groups in total. The number of piperidine rings is 1. The van der Waals surface area contributed by atoms with Crippen molar-refractivity contribution in [2.75, 3.05) is 18.8 Å². The molecule has 94 valence electrons. The summed E-state index contributed by atoms with van der Waals surface area (Å²) in [6.07, 6.45) is 4.18. The molecule has 1 fully saturated rings. The molecule has 0 aromatic heterocycles. The highest BCUT2D eigenvalue weighted by atomic mass is 32.2. The van der Waals surface area contributed by atoms with Gasteiger partial charge >= 0.3 is 0 Å². The molecule has 1 aliphatic heterocycles. The minimum atomic E-state index is 1.14.